The summed E-state index contributed by atoms with van der Waals surface area (Å²) in [6.45, 7) is 11.7. The number of hydrogen-bond acceptors (Lipinski definition) is 2. The molecule has 0 aliphatic carbocycles. The molecule has 0 saturated heterocycles. The predicted octanol–water partition coefficient (Wildman–Crippen LogP) is 7.09. The van der Waals surface area contributed by atoms with Crippen molar-refractivity contribution >= 4 is 17.5 Å². The number of anilines is 2. The van der Waals surface area contributed by atoms with Crippen LogP contribution < -0.4 is 10.6 Å². The van der Waals surface area contributed by atoms with Crippen LogP contribution in [0.15, 0.2) is 42.5 Å². The highest BCUT2D eigenvalue weighted by Crippen LogP contribution is 2.35. The van der Waals surface area contributed by atoms with Gasteiger partial charge in [0.25, 0.3) is 0 Å². The van der Waals surface area contributed by atoms with Gasteiger partial charge in [-0.05, 0) is 48.3 Å². The molecule has 0 unspecified atom stereocenters. The monoisotopic (exact) mass is 430 g/mol. The Morgan fingerprint density at radius 3 is 2.28 bits per heavy atom. The fourth-order valence-corrected chi connectivity index (χ4v) is 4.63. The molecular formula is C27H34N4O. The number of benzene rings is 2. The first-order valence-corrected chi connectivity index (χ1v) is 11.7. The van der Waals surface area contributed by atoms with E-state index in [1.807, 2.05) is 12.1 Å². The van der Waals surface area contributed by atoms with Gasteiger partial charge in [-0.2, -0.15) is 0 Å². The van der Waals surface area contributed by atoms with Gasteiger partial charge in [-0.3, -0.25) is 5.32 Å². The lowest BCUT2D eigenvalue weighted by Gasteiger charge is -2.20. The van der Waals surface area contributed by atoms with Crippen LogP contribution >= 0.6 is 0 Å². The van der Waals surface area contributed by atoms with Gasteiger partial charge in [0.05, 0.1) is 5.69 Å². The second-order valence-electron chi connectivity index (χ2n) is 9.35. The summed E-state index contributed by atoms with van der Waals surface area (Å²) in [4.78, 5) is 18.1. The maximum absolute atomic E-state index is 13.2. The van der Waals surface area contributed by atoms with Gasteiger partial charge in [-0.15, -0.1) is 0 Å². The van der Waals surface area contributed by atoms with E-state index in [2.05, 4.69) is 80.2 Å². The van der Waals surface area contributed by atoms with Crippen molar-refractivity contribution in [2.24, 2.45) is 0 Å². The van der Waals surface area contributed by atoms with Gasteiger partial charge < -0.3 is 9.88 Å². The van der Waals surface area contributed by atoms with Gasteiger partial charge in [-0.1, -0.05) is 70.2 Å². The van der Waals surface area contributed by atoms with E-state index in [-0.39, 0.29) is 6.03 Å². The first-order valence-electron chi connectivity index (χ1n) is 11.7. The molecule has 3 aromatic rings. The number of imidazole rings is 1. The Morgan fingerprint density at radius 2 is 1.62 bits per heavy atom. The summed E-state index contributed by atoms with van der Waals surface area (Å²) < 4.78 is 2.28. The molecule has 168 valence electrons. The summed E-state index contributed by atoms with van der Waals surface area (Å²) in [5, 5.41) is 6.26. The van der Waals surface area contributed by atoms with E-state index in [9.17, 15) is 4.79 Å². The van der Waals surface area contributed by atoms with E-state index in [1.54, 1.807) is 0 Å². The first-order chi connectivity index (χ1) is 15.4. The van der Waals surface area contributed by atoms with E-state index in [0.29, 0.717) is 17.7 Å². The van der Waals surface area contributed by atoms with Crippen LogP contribution in [0.1, 0.15) is 74.9 Å². The third-order valence-corrected chi connectivity index (χ3v) is 6.32. The van der Waals surface area contributed by atoms with Crippen molar-refractivity contribution in [3.63, 3.8) is 0 Å². The minimum absolute atomic E-state index is 0.245. The van der Waals surface area contributed by atoms with Crippen molar-refractivity contribution in [3.8, 4) is 11.3 Å². The minimum atomic E-state index is -0.245. The largest absolute Gasteiger partial charge is 0.326 e. The molecule has 2 N–H and O–H groups in total. The quantitative estimate of drug-likeness (QED) is 0.454. The van der Waals surface area contributed by atoms with Crippen molar-refractivity contribution in [3.05, 3.63) is 65.0 Å². The average molecular weight is 431 g/mol. The third kappa shape index (κ3) is 4.29. The lowest BCUT2D eigenvalue weighted by molar-refractivity contribution is 0.262. The van der Waals surface area contributed by atoms with Crippen molar-refractivity contribution in [2.45, 2.75) is 72.3 Å². The van der Waals surface area contributed by atoms with Crippen LogP contribution in [0.3, 0.4) is 0 Å². The van der Waals surface area contributed by atoms with Crippen LogP contribution in [0.2, 0.25) is 0 Å². The SMILES string of the molecule is Cc1ccccc1-c1c(NC(=O)Nc2c(C(C)C)cccc2C(C)C)nc2n1CCCC2. The van der Waals surface area contributed by atoms with Crippen LogP contribution in [-0.4, -0.2) is 15.6 Å². The minimum Gasteiger partial charge on any atom is -0.326 e. The Bertz CT molecular complexity index is 1100. The molecule has 0 atom stereocenters. The smallest absolute Gasteiger partial charge is 0.324 e. The molecule has 32 heavy (non-hydrogen) atoms. The standard InChI is InChI=1S/C27H34N4O/c1-17(2)20-13-10-14-21(18(3)4)24(20)29-27(32)30-26-25(22-12-7-6-11-19(22)5)31-16-9-8-15-23(31)28-26/h6-7,10-14,17-18H,8-9,15-16H2,1-5H3,(H2,29,30,32). The molecule has 5 heteroatoms. The zero-order valence-corrected chi connectivity index (χ0v) is 19.8. The molecule has 4 rings (SSSR count). The number of fused-ring (bicyclic) bond motifs is 1. The second-order valence-corrected chi connectivity index (χ2v) is 9.35. The Morgan fingerprint density at radius 1 is 0.938 bits per heavy atom. The number of hydrogen-bond donors (Lipinski definition) is 2. The Kier molecular flexibility index (Phi) is 6.35. The van der Waals surface area contributed by atoms with Gasteiger partial charge in [0, 0.05) is 24.2 Å². The highest BCUT2D eigenvalue weighted by Gasteiger charge is 2.24. The summed E-state index contributed by atoms with van der Waals surface area (Å²) in [6, 6.07) is 14.3. The highest BCUT2D eigenvalue weighted by molar-refractivity contribution is 6.02. The number of nitrogens with zero attached hydrogens (tertiary/aromatic N) is 2. The Labute approximate surface area is 191 Å². The number of urea groups is 1. The first kappa shape index (κ1) is 22.1. The summed E-state index contributed by atoms with van der Waals surface area (Å²) >= 11 is 0. The number of nitrogens with one attached hydrogen (secondary N) is 2. The van der Waals surface area contributed by atoms with Crippen molar-refractivity contribution in [1.29, 1.82) is 0 Å². The number of aryl methyl sites for hydroxylation is 2. The molecule has 2 aromatic carbocycles. The zero-order valence-electron chi connectivity index (χ0n) is 19.8. The van der Waals surface area contributed by atoms with E-state index in [1.165, 1.54) is 5.56 Å². The number of aromatic nitrogens is 2. The summed E-state index contributed by atoms with van der Waals surface area (Å²) in [6.07, 6.45) is 3.21. The average Bonchev–Trinajstić information content (AvgIpc) is 3.11. The maximum Gasteiger partial charge on any atom is 0.324 e. The topological polar surface area (TPSA) is 59.0 Å². The number of carbonyl (C=O) groups excluding carboxylic acids is 1. The van der Waals surface area contributed by atoms with Crippen molar-refractivity contribution in [1.82, 2.24) is 9.55 Å². The van der Waals surface area contributed by atoms with Gasteiger partial charge in [0.1, 0.15) is 5.82 Å². The molecule has 1 aromatic heterocycles. The van der Waals surface area contributed by atoms with Crippen molar-refractivity contribution in [2.75, 3.05) is 10.6 Å². The lowest BCUT2D eigenvalue weighted by atomic mass is 9.93. The highest BCUT2D eigenvalue weighted by atomic mass is 16.2. The van der Waals surface area contributed by atoms with Gasteiger partial charge in [0.15, 0.2) is 5.82 Å². The van der Waals surface area contributed by atoms with Crippen molar-refractivity contribution < 1.29 is 4.79 Å². The summed E-state index contributed by atoms with van der Waals surface area (Å²) in [7, 11) is 0. The normalized spacial score (nSPS) is 13.3. The molecule has 5 nitrogen and oxygen atoms in total. The van der Waals surface area contributed by atoms with Crippen LogP contribution in [0.5, 0.6) is 0 Å². The molecular weight excluding hydrogens is 396 g/mol. The lowest BCUT2D eigenvalue weighted by Crippen LogP contribution is -2.22. The molecule has 2 heterocycles. The van der Waals surface area contributed by atoms with Crippen LogP contribution in [0.25, 0.3) is 11.3 Å². The molecule has 0 fully saturated rings. The fourth-order valence-electron chi connectivity index (χ4n) is 4.63. The van der Waals surface area contributed by atoms with Crippen LogP contribution in [0, 0.1) is 6.92 Å². The van der Waals surface area contributed by atoms with Crippen LogP contribution in [0.4, 0.5) is 16.3 Å². The predicted molar refractivity (Wildman–Crippen MR) is 133 cm³/mol. The fraction of sp³-hybridized carbons (Fsp3) is 0.407. The van der Waals surface area contributed by atoms with Gasteiger partial charge in [0.2, 0.25) is 0 Å². The summed E-state index contributed by atoms with van der Waals surface area (Å²) in [5.41, 5.74) is 6.51. The number of amides is 2. The van der Waals surface area contributed by atoms with Gasteiger partial charge >= 0.3 is 6.03 Å². The van der Waals surface area contributed by atoms with Crippen LogP contribution in [-0.2, 0) is 13.0 Å². The number of rotatable bonds is 5. The molecule has 0 radical (unpaired) electrons. The molecule has 1 aliphatic heterocycles. The summed E-state index contributed by atoms with van der Waals surface area (Å²) in [5.74, 6) is 2.31. The third-order valence-electron chi connectivity index (χ3n) is 6.32. The molecule has 0 saturated carbocycles. The number of para-hydroxylation sites is 1. The van der Waals surface area contributed by atoms with E-state index >= 15 is 0 Å². The van der Waals surface area contributed by atoms with E-state index < -0.39 is 0 Å². The van der Waals surface area contributed by atoms with Gasteiger partial charge in [-0.25, -0.2) is 9.78 Å². The Hall–Kier alpha value is -3.08. The molecule has 2 amide bonds. The Balaban J connectivity index is 1.70. The molecule has 1 aliphatic rings. The zero-order chi connectivity index (χ0) is 22.8. The molecule has 0 spiro atoms. The second kappa shape index (κ2) is 9.19. The number of carbonyl (C=O) groups is 1. The van der Waals surface area contributed by atoms with E-state index in [4.69, 9.17) is 4.98 Å². The maximum atomic E-state index is 13.2. The van der Waals surface area contributed by atoms with E-state index in [0.717, 1.165) is 59.7 Å². The molecule has 0 bridgehead atoms.